The van der Waals surface area contributed by atoms with E-state index in [9.17, 15) is 0 Å². The predicted molar refractivity (Wildman–Crippen MR) is 111 cm³/mol. The second-order valence-electron chi connectivity index (χ2n) is 6.68. The minimum Gasteiger partial charge on any atom is -0.338 e. The molecule has 0 unspecified atom stereocenters. The number of hydrogen-bond donors (Lipinski definition) is 0. The van der Waals surface area contributed by atoms with E-state index in [0.717, 1.165) is 0 Å². The summed E-state index contributed by atoms with van der Waals surface area (Å²) in [7, 11) is 4.26. The number of hydrogen-bond acceptors (Lipinski definition) is 2. The maximum absolute atomic E-state index is 2.32. The fourth-order valence-corrected chi connectivity index (χ4v) is 4.85. The maximum atomic E-state index is 2.32. The minimum absolute atomic E-state index is 1.25. The third kappa shape index (κ3) is 2.31. The smallest absolute Gasteiger partial charge is 0.212 e. The molecule has 0 saturated carbocycles. The Hall–Kier alpha value is -2.78. The molecule has 4 aromatic rings. The summed E-state index contributed by atoms with van der Waals surface area (Å²) in [5.41, 5.74) is 3.81. The summed E-state index contributed by atoms with van der Waals surface area (Å²) >= 11 is 1.85. The minimum atomic E-state index is 1.25. The fraction of sp³-hybridized carbons (Fsp3) is 0.0870. The number of pyridine rings is 1. The molecule has 0 amide bonds. The van der Waals surface area contributed by atoms with Crippen molar-refractivity contribution in [2.75, 3.05) is 11.9 Å². The molecule has 0 spiro atoms. The molecule has 0 atom stereocenters. The van der Waals surface area contributed by atoms with E-state index in [0.29, 0.717) is 0 Å². The largest absolute Gasteiger partial charge is 0.338 e. The summed E-state index contributed by atoms with van der Waals surface area (Å²) in [6.45, 7) is 0. The molecule has 0 aliphatic carbocycles. The highest BCUT2D eigenvalue weighted by Crippen LogP contribution is 2.49. The van der Waals surface area contributed by atoms with Crippen LogP contribution in [0.25, 0.3) is 27.8 Å². The number of nitrogens with zero attached hydrogens (tertiary/aromatic N) is 2. The Balaban J connectivity index is 1.66. The fourth-order valence-electron chi connectivity index (χ4n) is 3.73. The predicted octanol–water partition coefficient (Wildman–Crippen LogP) is 5.36. The average molecular weight is 355 g/mol. The van der Waals surface area contributed by atoms with Crippen LogP contribution >= 0.6 is 11.8 Å². The lowest BCUT2D eigenvalue weighted by Gasteiger charge is -2.16. The van der Waals surface area contributed by atoms with Crippen LogP contribution in [0.2, 0.25) is 0 Å². The highest BCUT2D eigenvalue weighted by Gasteiger charge is 2.24. The van der Waals surface area contributed by atoms with E-state index >= 15 is 0 Å². The molecular formula is C23H19N2S+. The first-order valence-electron chi connectivity index (χ1n) is 8.75. The van der Waals surface area contributed by atoms with Gasteiger partial charge in [-0.15, -0.1) is 0 Å². The number of aryl methyl sites for hydroxylation is 1. The highest BCUT2D eigenvalue weighted by molar-refractivity contribution is 8.04. The third-order valence-corrected chi connectivity index (χ3v) is 6.25. The van der Waals surface area contributed by atoms with Gasteiger partial charge in [-0.05, 0) is 29.2 Å². The monoisotopic (exact) mass is 355 g/mol. The van der Waals surface area contributed by atoms with Gasteiger partial charge in [0, 0.05) is 29.5 Å². The SMILES string of the molecule is CN1/C(=C/c2cc[n+](C)c3ccccc23)Sc2ccc3ccccc3c21. The molecule has 5 rings (SSSR count). The van der Waals surface area contributed by atoms with Gasteiger partial charge in [0.1, 0.15) is 7.05 Å². The third-order valence-electron chi connectivity index (χ3n) is 5.10. The van der Waals surface area contributed by atoms with Gasteiger partial charge < -0.3 is 4.90 Å². The number of para-hydroxylation sites is 1. The lowest BCUT2D eigenvalue weighted by Crippen LogP contribution is -2.28. The molecular weight excluding hydrogens is 336 g/mol. The molecule has 0 N–H and O–H groups in total. The van der Waals surface area contributed by atoms with Gasteiger partial charge in [0.25, 0.3) is 0 Å². The molecule has 3 aromatic carbocycles. The van der Waals surface area contributed by atoms with Crippen LogP contribution in [-0.2, 0) is 7.05 Å². The van der Waals surface area contributed by atoms with Crippen LogP contribution in [0.3, 0.4) is 0 Å². The Kier molecular flexibility index (Phi) is 3.50. The van der Waals surface area contributed by atoms with E-state index in [-0.39, 0.29) is 0 Å². The Morgan fingerprint density at radius 3 is 2.54 bits per heavy atom. The molecule has 0 bridgehead atoms. The zero-order chi connectivity index (χ0) is 17.7. The van der Waals surface area contributed by atoms with Crippen LogP contribution in [0.5, 0.6) is 0 Å². The molecule has 0 saturated heterocycles. The van der Waals surface area contributed by atoms with Crippen molar-refractivity contribution in [3.8, 4) is 0 Å². The van der Waals surface area contributed by atoms with Gasteiger partial charge >= 0.3 is 0 Å². The molecule has 1 aliphatic rings. The van der Waals surface area contributed by atoms with Crippen molar-refractivity contribution in [1.29, 1.82) is 0 Å². The first kappa shape index (κ1) is 15.5. The van der Waals surface area contributed by atoms with E-state index < -0.39 is 0 Å². The number of rotatable bonds is 1. The van der Waals surface area contributed by atoms with Crippen molar-refractivity contribution in [2.45, 2.75) is 4.90 Å². The number of thioether (sulfide) groups is 1. The summed E-state index contributed by atoms with van der Waals surface area (Å²) in [4.78, 5) is 3.65. The number of anilines is 1. The number of fused-ring (bicyclic) bond motifs is 4. The van der Waals surface area contributed by atoms with Crippen molar-refractivity contribution in [3.63, 3.8) is 0 Å². The summed E-state index contributed by atoms with van der Waals surface area (Å²) in [5, 5.41) is 5.14. The average Bonchev–Trinajstić information content (AvgIpc) is 3.00. The lowest BCUT2D eigenvalue weighted by molar-refractivity contribution is -0.644. The molecule has 2 nitrogen and oxygen atoms in total. The normalized spacial score (nSPS) is 15.2. The Labute approximate surface area is 157 Å². The van der Waals surface area contributed by atoms with Crippen LogP contribution in [-0.4, -0.2) is 7.05 Å². The van der Waals surface area contributed by atoms with E-state index in [2.05, 4.69) is 103 Å². The number of aromatic nitrogens is 1. The molecule has 1 aliphatic heterocycles. The number of benzene rings is 3. The standard InChI is InChI=1S/C23H19N2S/c1-24-14-13-17(18-8-5-6-10-20(18)24)15-22-25(2)23-19-9-4-3-7-16(19)11-12-21(23)26-22/h3-15H,1-2H3/q+1. The van der Waals surface area contributed by atoms with Gasteiger partial charge in [0.05, 0.1) is 16.1 Å². The van der Waals surface area contributed by atoms with E-state index in [4.69, 9.17) is 0 Å². The van der Waals surface area contributed by atoms with Crippen LogP contribution in [0.1, 0.15) is 5.56 Å². The van der Waals surface area contributed by atoms with E-state index in [1.807, 2.05) is 11.8 Å². The van der Waals surface area contributed by atoms with Crippen LogP contribution < -0.4 is 9.47 Å². The first-order valence-corrected chi connectivity index (χ1v) is 9.56. The molecule has 0 fully saturated rings. The Bertz CT molecular complexity index is 1190. The summed E-state index contributed by atoms with van der Waals surface area (Å²) in [6, 6.07) is 23.8. The van der Waals surface area contributed by atoms with Gasteiger partial charge in [-0.3, -0.25) is 0 Å². The topological polar surface area (TPSA) is 7.12 Å². The van der Waals surface area contributed by atoms with Crippen molar-refractivity contribution < 1.29 is 4.57 Å². The molecule has 26 heavy (non-hydrogen) atoms. The summed E-state index contributed by atoms with van der Waals surface area (Å²) in [5.74, 6) is 0. The quantitative estimate of drug-likeness (QED) is 0.425. The van der Waals surface area contributed by atoms with Gasteiger partial charge in [-0.25, -0.2) is 4.57 Å². The second kappa shape index (κ2) is 5.89. The van der Waals surface area contributed by atoms with Crippen molar-refractivity contribution in [1.82, 2.24) is 0 Å². The van der Waals surface area contributed by atoms with Gasteiger partial charge in [0.15, 0.2) is 6.20 Å². The first-order chi connectivity index (χ1) is 12.7. The summed E-state index contributed by atoms with van der Waals surface area (Å²) in [6.07, 6.45) is 4.44. The summed E-state index contributed by atoms with van der Waals surface area (Å²) < 4.78 is 2.17. The molecule has 0 radical (unpaired) electrons. The Morgan fingerprint density at radius 1 is 0.885 bits per heavy atom. The van der Waals surface area contributed by atoms with Crippen molar-refractivity contribution in [2.24, 2.45) is 7.05 Å². The zero-order valence-corrected chi connectivity index (χ0v) is 15.6. The van der Waals surface area contributed by atoms with Gasteiger partial charge in [-0.2, -0.15) is 0 Å². The van der Waals surface area contributed by atoms with Crippen LogP contribution in [0.4, 0.5) is 5.69 Å². The molecule has 126 valence electrons. The molecule has 2 heterocycles. The maximum Gasteiger partial charge on any atom is 0.212 e. The lowest BCUT2D eigenvalue weighted by atomic mass is 10.1. The Morgan fingerprint density at radius 2 is 1.65 bits per heavy atom. The molecule has 3 heteroatoms. The second-order valence-corrected chi connectivity index (χ2v) is 7.74. The van der Waals surface area contributed by atoms with Crippen molar-refractivity contribution in [3.05, 3.63) is 83.5 Å². The van der Waals surface area contributed by atoms with E-state index in [1.54, 1.807) is 0 Å². The molecule has 1 aromatic heterocycles. The van der Waals surface area contributed by atoms with Gasteiger partial charge in [-0.1, -0.05) is 54.2 Å². The van der Waals surface area contributed by atoms with Crippen LogP contribution in [0.15, 0.2) is 82.9 Å². The van der Waals surface area contributed by atoms with Crippen LogP contribution in [0, 0.1) is 0 Å². The zero-order valence-electron chi connectivity index (χ0n) is 14.8. The van der Waals surface area contributed by atoms with Crippen molar-refractivity contribution >= 4 is 45.2 Å². The van der Waals surface area contributed by atoms with Gasteiger partial charge in [0.2, 0.25) is 5.52 Å². The van der Waals surface area contributed by atoms with E-state index in [1.165, 1.54) is 42.9 Å². The highest BCUT2D eigenvalue weighted by atomic mass is 32.2.